The summed E-state index contributed by atoms with van der Waals surface area (Å²) in [5.74, 6) is 0.0372. The SMILES string of the molecule is CCN1CCCC1CNC(N)=NCc1ccc(C(N)=O)cc1.I. The topological polar surface area (TPSA) is 96.7 Å². The number of benzene rings is 1. The number of likely N-dealkylation sites (N-methyl/N-ethyl adjacent to an activating group) is 1. The number of nitrogens with zero attached hydrogens (tertiary/aromatic N) is 2. The lowest BCUT2D eigenvalue weighted by molar-refractivity contribution is 0.100. The second kappa shape index (κ2) is 9.71. The van der Waals surface area contributed by atoms with E-state index in [1.165, 1.54) is 19.4 Å². The van der Waals surface area contributed by atoms with E-state index in [9.17, 15) is 4.79 Å². The van der Waals surface area contributed by atoms with Crippen LogP contribution in [0.5, 0.6) is 0 Å². The van der Waals surface area contributed by atoms with Gasteiger partial charge < -0.3 is 16.8 Å². The first kappa shape index (κ1) is 19.7. The summed E-state index contributed by atoms with van der Waals surface area (Å²) in [4.78, 5) is 17.8. The first-order valence-electron chi connectivity index (χ1n) is 7.76. The Bertz CT molecular complexity index is 532. The van der Waals surface area contributed by atoms with Crippen LogP contribution in [-0.2, 0) is 6.54 Å². The van der Waals surface area contributed by atoms with Gasteiger partial charge in [-0.3, -0.25) is 9.69 Å². The molecule has 0 bridgehead atoms. The summed E-state index contributed by atoms with van der Waals surface area (Å²) in [6.45, 7) is 5.76. The number of amides is 1. The molecule has 7 heteroatoms. The monoisotopic (exact) mass is 431 g/mol. The maximum absolute atomic E-state index is 11.0. The standard InChI is InChI=1S/C16H25N5O.HI/c1-2-21-9-3-4-14(21)11-20-16(18)19-10-12-5-7-13(8-6-12)15(17)22;/h5-8,14H,2-4,9-11H2,1H3,(H2,17,22)(H3,18,19,20);1H. The molecule has 0 aliphatic carbocycles. The van der Waals surface area contributed by atoms with E-state index in [2.05, 4.69) is 22.1 Å². The minimum Gasteiger partial charge on any atom is -0.370 e. The number of hydrogen-bond donors (Lipinski definition) is 3. The van der Waals surface area contributed by atoms with Crippen molar-refractivity contribution in [1.82, 2.24) is 10.2 Å². The highest BCUT2D eigenvalue weighted by molar-refractivity contribution is 14.0. The first-order valence-corrected chi connectivity index (χ1v) is 7.76. The second-order valence-corrected chi connectivity index (χ2v) is 5.57. The zero-order valence-electron chi connectivity index (χ0n) is 13.5. The zero-order chi connectivity index (χ0) is 15.9. The quantitative estimate of drug-likeness (QED) is 0.359. The van der Waals surface area contributed by atoms with E-state index >= 15 is 0 Å². The number of guanidine groups is 1. The lowest BCUT2D eigenvalue weighted by atomic mass is 10.1. The minimum absolute atomic E-state index is 0. The highest BCUT2D eigenvalue weighted by atomic mass is 127. The van der Waals surface area contributed by atoms with E-state index in [0.717, 1.165) is 18.7 Å². The fourth-order valence-electron chi connectivity index (χ4n) is 2.77. The van der Waals surface area contributed by atoms with Crippen molar-refractivity contribution in [3.63, 3.8) is 0 Å². The van der Waals surface area contributed by atoms with Crippen LogP contribution >= 0.6 is 24.0 Å². The maximum atomic E-state index is 11.0. The molecule has 1 saturated heterocycles. The summed E-state index contributed by atoms with van der Waals surface area (Å²) >= 11 is 0. The summed E-state index contributed by atoms with van der Waals surface area (Å²) in [6, 6.07) is 7.64. The van der Waals surface area contributed by atoms with Crippen LogP contribution in [0, 0.1) is 0 Å². The van der Waals surface area contributed by atoms with Crippen molar-refractivity contribution in [3.05, 3.63) is 35.4 Å². The summed E-state index contributed by atoms with van der Waals surface area (Å²) in [5, 5.41) is 3.20. The summed E-state index contributed by atoms with van der Waals surface area (Å²) in [7, 11) is 0. The Morgan fingerprint density at radius 2 is 2.04 bits per heavy atom. The molecule has 1 aliphatic heterocycles. The van der Waals surface area contributed by atoms with Gasteiger partial charge in [0.05, 0.1) is 6.54 Å². The van der Waals surface area contributed by atoms with Crippen molar-refractivity contribution in [3.8, 4) is 0 Å². The molecule has 0 spiro atoms. The van der Waals surface area contributed by atoms with Crippen LogP contribution in [0.2, 0.25) is 0 Å². The van der Waals surface area contributed by atoms with Crippen LogP contribution < -0.4 is 16.8 Å². The molecule has 23 heavy (non-hydrogen) atoms. The van der Waals surface area contributed by atoms with Gasteiger partial charge in [0, 0.05) is 18.2 Å². The van der Waals surface area contributed by atoms with Gasteiger partial charge >= 0.3 is 0 Å². The van der Waals surface area contributed by atoms with Crippen LogP contribution in [0.15, 0.2) is 29.3 Å². The molecule has 5 N–H and O–H groups in total. The Kier molecular flexibility index (Phi) is 8.32. The molecule has 1 aromatic rings. The highest BCUT2D eigenvalue weighted by Crippen LogP contribution is 2.15. The van der Waals surface area contributed by atoms with E-state index < -0.39 is 5.91 Å². The number of halogens is 1. The molecule has 1 amide bonds. The van der Waals surface area contributed by atoms with Crippen LogP contribution in [0.4, 0.5) is 0 Å². The largest absolute Gasteiger partial charge is 0.370 e. The number of rotatable bonds is 6. The van der Waals surface area contributed by atoms with Gasteiger partial charge in [-0.15, -0.1) is 24.0 Å². The van der Waals surface area contributed by atoms with Crippen LogP contribution in [0.3, 0.4) is 0 Å². The van der Waals surface area contributed by atoms with Gasteiger partial charge in [-0.05, 0) is 43.6 Å². The predicted molar refractivity (Wildman–Crippen MR) is 104 cm³/mol. The highest BCUT2D eigenvalue weighted by Gasteiger charge is 2.22. The van der Waals surface area contributed by atoms with Gasteiger partial charge in [0.25, 0.3) is 0 Å². The smallest absolute Gasteiger partial charge is 0.248 e. The van der Waals surface area contributed by atoms with E-state index in [-0.39, 0.29) is 24.0 Å². The van der Waals surface area contributed by atoms with E-state index in [0.29, 0.717) is 24.1 Å². The van der Waals surface area contributed by atoms with Gasteiger partial charge in [0.1, 0.15) is 0 Å². The average Bonchev–Trinajstić information content (AvgIpc) is 2.98. The second-order valence-electron chi connectivity index (χ2n) is 5.57. The molecule has 0 aromatic heterocycles. The summed E-state index contributed by atoms with van der Waals surface area (Å²) in [6.07, 6.45) is 2.46. The van der Waals surface area contributed by atoms with Crippen LogP contribution in [-0.4, -0.2) is 42.4 Å². The number of nitrogens with two attached hydrogens (primary N) is 2. The van der Waals surface area contributed by atoms with Gasteiger partial charge in [0.2, 0.25) is 5.91 Å². The molecule has 2 rings (SSSR count). The van der Waals surface area contributed by atoms with Gasteiger partial charge in [-0.2, -0.15) is 0 Å². The Balaban J connectivity index is 0.00000264. The number of likely N-dealkylation sites (tertiary alicyclic amines) is 1. The fraction of sp³-hybridized carbons (Fsp3) is 0.500. The Morgan fingerprint density at radius 3 is 2.65 bits per heavy atom. The third-order valence-electron chi connectivity index (χ3n) is 4.09. The lowest BCUT2D eigenvalue weighted by Crippen LogP contribution is -2.42. The zero-order valence-corrected chi connectivity index (χ0v) is 15.8. The molecule has 1 fully saturated rings. The minimum atomic E-state index is -0.423. The molecule has 1 heterocycles. The van der Waals surface area contributed by atoms with Crippen molar-refractivity contribution in [2.75, 3.05) is 19.6 Å². The number of aliphatic imine (C=N–C) groups is 1. The number of hydrogen-bond acceptors (Lipinski definition) is 3. The number of carbonyl (C=O) groups excluding carboxylic acids is 1. The molecule has 1 aromatic carbocycles. The third kappa shape index (κ3) is 5.98. The van der Waals surface area contributed by atoms with Gasteiger partial charge in [-0.1, -0.05) is 19.1 Å². The fourth-order valence-corrected chi connectivity index (χ4v) is 2.77. The number of carbonyl (C=O) groups is 1. The lowest BCUT2D eigenvalue weighted by Gasteiger charge is -2.23. The number of nitrogens with one attached hydrogen (secondary N) is 1. The Hall–Kier alpha value is -1.35. The molecular formula is C16H26IN5O. The average molecular weight is 431 g/mol. The molecule has 6 nitrogen and oxygen atoms in total. The molecule has 1 unspecified atom stereocenters. The Labute approximate surface area is 154 Å². The predicted octanol–water partition coefficient (Wildman–Crippen LogP) is 1.29. The Morgan fingerprint density at radius 1 is 1.35 bits per heavy atom. The molecule has 128 valence electrons. The summed E-state index contributed by atoms with van der Waals surface area (Å²) < 4.78 is 0. The molecule has 1 atom stereocenters. The van der Waals surface area contributed by atoms with E-state index in [1.807, 2.05) is 12.1 Å². The van der Waals surface area contributed by atoms with E-state index in [4.69, 9.17) is 11.5 Å². The maximum Gasteiger partial charge on any atom is 0.248 e. The normalized spacial score (nSPS) is 18.5. The molecule has 1 aliphatic rings. The van der Waals surface area contributed by atoms with E-state index in [1.54, 1.807) is 12.1 Å². The summed E-state index contributed by atoms with van der Waals surface area (Å²) in [5.41, 5.74) is 12.6. The third-order valence-corrected chi connectivity index (χ3v) is 4.09. The van der Waals surface area contributed by atoms with Gasteiger partial charge in [0.15, 0.2) is 5.96 Å². The molecule has 0 radical (unpaired) electrons. The van der Waals surface area contributed by atoms with Gasteiger partial charge in [-0.25, -0.2) is 4.99 Å². The van der Waals surface area contributed by atoms with Crippen molar-refractivity contribution >= 4 is 35.8 Å². The van der Waals surface area contributed by atoms with Crippen LogP contribution in [0.1, 0.15) is 35.7 Å². The van der Waals surface area contributed by atoms with Crippen molar-refractivity contribution in [2.24, 2.45) is 16.5 Å². The van der Waals surface area contributed by atoms with Crippen LogP contribution in [0.25, 0.3) is 0 Å². The molecular weight excluding hydrogens is 405 g/mol. The number of primary amides is 1. The van der Waals surface area contributed by atoms with Crippen molar-refractivity contribution in [2.45, 2.75) is 32.4 Å². The van der Waals surface area contributed by atoms with Crippen molar-refractivity contribution < 1.29 is 4.79 Å². The molecule has 0 saturated carbocycles. The first-order chi connectivity index (χ1) is 10.6. The van der Waals surface area contributed by atoms with Crippen molar-refractivity contribution in [1.29, 1.82) is 0 Å².